The van der Waals surface area contributed by atoms with E-state index in [-0.39, 0.29) is 41.6 Å². The van der Waals surface area contributed by atoms with Crippen molar-refractivity contribution in [2.24, 2.45) is 0 Å². The van der Waals surface area contributed by atoms with Gasteiger partial charge in [0, 0.05) is 48.1 Å². The summed E-state index contributed by atoms with van der Waals surface area (Å²) in [5.74, 6) is -2.95. The van der Waals surface area contributed by atoms with E-state index in [2.05, 4.69) is 10.3 Å². The van der Waals surface area contributed by atoms with Crippen molar-refractivity contribution in [2.45, 2.75) is 48.7 Å². The average molecular weight is 619 g/mol. The van der Waals surface area contributed by atoms with Crippen LogP contribution in [0.25, 0.3) is 0 Å². The van der Waals surface area contributed by atoms with E-state index in [1.54, 1.807) is 42.6 Å². The van der Waals surface area contributed by atoms with E-state index in [9.17, 15) is 17.2 Å². The minimum Gasteiger partial charge on any atom is -0.497 e. The van der Waals surface area contributed by atoms with Crippen molar-refractivity contribution in [1.29, 1.82) is 0 Å². The van der Waals surface area contributed by atoms with Gasteiger partial charge in [0.2, 0.25) is 5.92 Å². The molecule has 0 saturated heterocycles. The molecular weight excluding hydrogens is 589 g/mol. The number of aromatic nitrogens is 1. The van der Waals surface area contributed by atoms with Gasteiger partial charge in [0.1, 0.15) is 22.2 Å². The molecule has 14 heteroatoms. The number of benzene rings is 2. The van der Waals surface area contributed by atoms with Gasteiger partial charge in [-0.25, -0.2) is 30.9 Å². The lowest BCUT2D eigenvalue weighted by Gasteiger charge is -2.40. The van der Waals surface area contributed by atoms with Gasteiger partial charge in [0.05, 0.1) is 31.5 Å². The molecule has 1 aliphatic carbocycles. The minimum atomic E-state index is -4.51. The van der Waals surface area contributed by atoms with E-state index in [0.717, 1.165) is 27.8 Å². The standard InChI is InChI=1S/C26H30ClF3N4O4S2/c1-33(2)22-14-26(29,30)8-7-20(22)32-21-13-19(28)24(12-18(21)27)40(35,36)34(25-31-9-10-39-25)15-16-5-6-17(37-3)11-23(16)38-4/h5-6,9-13,20,22,32H,7-8,14-15H2,1-4H3. The SMILES string of the molecule is COc1ccc(CN(c2nccs2)S(=O)(=O)c2cc(Cl)c(NC3CCC(F)(F)CC3N(C)C)cc2F)c(OC)c1. The molecule has 218 valence electrons. The highest BCUT2D eigenvalue weighted by atomic mass is 35.5. The molecule has 0 bridgehead atoms. The Morgan fingerprint density at radius 3 is 2.58 bits per heavy atom. The molecule has 2 atom stereocenters. The number of hydrogen-bond donors (Lipinski definition) is 1. The highest BCUT2D eigenvalue weighted by Crippen LogP contribution is 2.39. The van der Waals surface area contributed by atoms with Crippen molar-refractivity contribution in [3.8, 4) is 11.5 Å². The predicted octanol–water partition coefficient (Wildman–Crippen LogP) is 5.88. The van der Waals surface area contributed by atoms with Crippen molar-refractivity contribution in [3.63, 3.8) is 0 Å². The third kappa shape index (κ3) is 6.42. The quantitative estimate of drug-likeness (QED) is 0.304. The number of alkyl halides is 2. The van der Waals surface area contributed by atoms with Crippen LogP contribution in [0.2, 0.25) is 5.02 Å². The van der Waals surface area contributed by atoms with Crippen LogP contribution in [-0.4, -0.2) is 64.6 Å². The van der Waals surface area contributed by atoms with Gasteiger partial charge in [0.15, 0.2) is 5.13 Å². The number of sulfonamides is 1. The molecule has 4 rings (SSSR count). The van der Waals surface area contributed by atoms with Gasteiger partial charge in [-0.15, -0.1) is 11.3 Å². The Kier molecular flexibility index (Phi) is 9.08. The minimum absolute atomic E-state index is 0.0593. The van der Waals surface area contributed by atoms with E-state index in [4.69, 9.17) is 21.1 Å². The summed E-state index contributed by atoms with van der Waals surface area (Å²) in [6.07, 6.45) is 0.898. The molecule has 0 spiro atoms. The van der Waals surface area contributed by atoms with Gasteiger partial charge < -0.3 is 19.7 Å². The normalized spacial score (nSPS) is 18.9. The Morgan fingerprint density at radius 2 is 1.95 bits per heavy atom. The van der Waals surface area contributed by atoms with Crippen molar-refractivity contribution < 1.29 is 31.1 Å². The molecule has 40 heavy (non-hydrogen) atoms. The molecule has 1 heterocycles. The summed E-state index contributed by atoms with van der Waals surface area (Å²) in [5, 5.41) is 4.73. The molecular formula is C26H30ClF3N4O4S2. The fourth-order valence-corrected chi connectivity index (χ4v) is 7.33. The number of hydrogen-bond acceptors (Lipinski definition) is 8. The zero-order valence-corrected chi connectivity index (χ0v) is 24.7. The van der Waals surface area contributed by atoms with Crippen LogP contribution in [0.1, 0.15) is 24.8 Å². The first-order valence-corrected chi connectivity index (χ1v) is 15.0. The number of likely N-dealkylation sites (N-methyl/N-ethyl adjacent to an activating group) is 1. The fourth-order valence-electron chi connectivity index (χ4n) is 4.71. The van der Waals surface area contributed by atoms with E-state index in [1.807, 2.05) is 0 Å². The number of nitrogens with one attached hydrogen (secondary N) is 1. The van der Waals surface area contributed by atoms with E-state index < -0.39 is 38.7 Å². The molecule has 0 amide bonds. The molecule has 8 nitrogen and oxygen atoms in total. The highest BCUT2D eigenvalue weighted by Gasteiger charge is 2.42. The van der Waals surface area contributed by atoms with E-state index in [0.29, 0.717) is 17.1 Å². The second-order valence-electron chi connectivity index (χ2n) is 9.65. The largest absolute Gasteiger partial charge is 0.497 e. The Labute approximate surface area is 240 Å². The summed E-state index contributed by atoms with van der Waals surface area (Å²) < 4.78 is 83.0. The second kappa shape index (κ2) is 12.0. The third-order valence-electron chi connectivity index (χ3n) is 6.83. The lowest BCUT2D eigenvalue weighted by Crippen LogP contribution is -2.50. The number of anilines is 2. The smallest absolute Gasteiger partial charge is 0.269 e. The summed E-state index contributed by atoms with van der Waals surface area (Å²) in [4.78, 5) is 5.18. The molecule has 1 saturated carbocycles. The van der Waals surface area contributed by atoms with Crippen LogP contribution in [-0.2, 0) is 16.6 Å². The van der Waals surface area contributed by atoms with Gasteiger partial charge >= 0.3 is 0 Å². The fraction of sp³-hybridized carbons (Fsp3) is 0.423. The monoisotopic (exact) mass is 618 g/mol. The maximum atomic E-state index is 15.6. The van der Waals surface area contributed by atoms with Gasteiger partial charge in [-0.05, 0) is 44.8 Å². The van der Waals surface area contributed by atoms with Crippen LogP contribution in [0.4, 0.5) is 24.0 Å². The van der Waals surface area contributed by atoms with Crippen molar-refractivity contribution >= 4 is 43.8 Å². The Morgan fingerprint density at radius 1 is 1.20 bits per heavy atom. The van der Waals surface area contributed by atoms with Gasteiger partial charge in [0.25, 0.3) is 10.0 Å². The van der Waals surface area contributed by atoms with Gasteiger partial charge in [-0.1, -0.05) is 11.6 Å². The molecule has 2 aromatic carbocycles. The van der Waals surface area contributed by atoms with Crippen molar-refractivity contribution in [1.82, 2.24) is 9.88 Å². The van der Waals surface area contributed by atoms with Gasteiger partial charge in [-0.3, -0.25) is 0 Å². The summed E-state index contributed by atoms with van der Waals surface area (Å²) in [5.41, 5.74) is 0.619. The molecule has 0 aliphatic heterocycles. The van der Waals surface area contributed by atoms with Crippen LogP contribution in [0.5, 0.6) is 11.5 Å². The molecule has 0 radical (unpaired) electrons. The average Bonchev–Trinajstić information content (AvgIpc) is 3.44. The molecule has 2 unspecified atom stereocenters. The van der Waals surface area contributed by atoms with Crippen molar-refractivity contribution in [3.05, 3.63) is 58.3 Å². The maximum absolute atomic E-state index is 15.6. The number of rotatable bonds is 10. The lowest BCUT2D eigenvalue weighted by atomic mass is 9.86. The van der Waals surface area contributed by atoms with Gasteiger partial charge in [-0.2, -0.15) is 0 Å². The number of thiazole rings is 1. The number of halogens is 4. The summed E-state index contributed by atoms with van der Waals surface area (Å²) in [7, 11) is 1.83. The van der Waals surface area contributed by atoms with Crippen molar-refractivity contribution in [2.75, 3.05) is 37.9 Å². The first kappa shape index (κ1) is 30.2. The topological polar surface area (TPSA) is 84.0 Å². The third-order valence-corrected chi connectivity index (χ3v) is 9.80. The van der Waals surface area contributed by atoms with E-state index in [1.165, 1.54) is 20.4 Å². The molecule has 1 aliphatic rings. The zero-order valence-electron chi connectivity index (χ0n) is 22.3. The number of ether oxygens (including phenoxy) is 2. The Balaban J connectivity index is 1.68. The number of methoxy groups -OCH3 is 2. The van der Waals surface area contributed by atoms with E-state index >= 15 is 4.39 Å². The number of nitrogens with zero attached hydrogens (tertiary/aromatic N) is 3. The molecule has 1 aromatic heterocycles. The zero-order chi connectivity index (χ0) is 29.2. The Bertz CT molecular complexity index is 1440. The first-order valence-electron chi connectivity index (χ1n) is 12.3. The van der Waals surface area contributed by atoms with Crippen LogP contribution in [0.15, 0.2) is 46.8 Å². The highest BCUT2D eigenvalue weighted by molar-refractivity contribution is 7.93. The summed E-state index contributed by atoms with van der Waals surface area (Å²) in [6.45, 7) is -0.207. The lowest BCUT2D eigenvalue weighted by molar-refractivity contribution is -0.0607. The van der Waals surface area contributed by atoms with Crippen LogP contribution in [0.3, 0.4) is 0 Å². The second-order valence-corrected chi connectivity index (χ2v) is 12.8. The van der Waals surface area contributed by atoms with Crippen LogP contribution >= 0.6 is 22.9 Å². The van der Waals surface area contributed by atoms with Crippen LogP contribution in [0, 0.1) is 5.82 Å². The molecule has 1 fully saturated rings. The maximum Gasteiger partial charge on any atom is 0.269 e. The Hall–Kier alpha value is -2.74. The van der Waals surface area contributed by atoms with Crippen LogP contribution < -0.4 is 19.1 Å². The first-order chi connectivity index (χ1) is 18.9. The predicted molar refractivity (Wildman–Crippen MR) is 150 cm³/mol. The summed E-state index contributed by atoms with van der Waals surface area (Å²) >= 11 is 7.53. The molecule has 1 N–H and O–H groups in total. The molecule has 3 aromatic rings. The summed E-state index contributed by atoms with van der Waals surface area (Å²) in [6, 6.07) is 5.96.